The van der Waals surface area contributed by atoms with E-state index in [9.17, 15) is 9.59 Å². The predicted molar refractivity (Wildman–Crippen MR) is 73.5 cm³/mol. The number of likely N-dealkylation sites (N-methyl/N-ethyl adjacent to an activating group) is 1. The third-order valence-corrected chi connectivity index (χ3v) is 3.54. The van der Waals surface area contributed by atoms with E-state index in [1.54, 1.807) is 5.38 Å². The minimum Gasteiger partial charge on any atom is -0.480 e. The summed E-state index contributed by atoms with van der Waals surface area (Å²) < 4.78 is 5.46. The lowest BCUT2D eigenvalue weighted by atomic mass is 10.3. The van der Waals surface area contributed by atoms with Crippen molar-refractivity contribution < 1.29 is 19.1 Å². The molecule has 6 nitrogen and oxygen atoms in total. The smallest absolute Gasteiger partial charge is 0.323 e. The van der Waals surface area contributed by atoms with E-state index in [1.165, 1.54) is 23.3 Å². The third-order valence-electron chi connectivity index (χ3n) is 2.63. The number of hydrogen-bond donors (Lipinski definition) is 1. The van der Waals surface area contributed by atoms with Crippen LogP contribution in [0.1, 0.15) is 11.5 Å². The van der Waals surface area contributed by atoms with Crippen molar-refractivity contribution in [1.29, 1.82) is 0 Å². The number of thiazole rings is 1. The SMILES string of the molecule is Cc1ccc(-c2nc(CC(=O)N(C)CC(=O)O)cs2)o1. The van der Waals surface area contributed by atoms with Crippen LogP contribution in [0.25, 0.3) is 10.8 Å². The summed E-state index contributed by atoms with van der Waals surface area (Å²) in [6.07, 6.45) is 0.0833. The van der Waals surface area contributed by atoms with Gasteiger partial charge in [-0.3, -0.25) is 9.59 Å². The number of aryl methyl sites for hydroxylation is 1. The van der Waals surface area contributed by atoms with Crippen LogP contribution in [-0.4, -0.2) is 40.5 Å². The lowest BCUT2D eigenvalue weighted by Crippen LogP contribution is -2.33. The van der Waals surface area contributed by atoms with Gasteiger partial charge in [-0.05, 0) is 19.1 Å². The van der Waals surface area contributed by atoms with Crippen LogP contribution in [0.2, 0.25) is 0 Å². The number of furan rings is 1. The van der Waals surface area contributed by atoms with Crippen LogP contribution in [0.3, 0.4) is 0 Å². The van der Waals surface area contributed by atoms with Crippen molar-refractivity contribution >= 4 is 23.2 Å². The maximum atomic E-state index is 11.8. The van der Waals surface area contributed by atoms with E-state index < -0.39 is 5.97 Å². The maximum absolute atomic E-state index is 11.8. The van der Waals surface area contributed by atoms with Crippen molar-refractivity contribution in [2.24, 2.45) is 0 Å². The number of carbonyl (C=O) groups excluding carboxylic acids is 1. The molecule has 0 aliphatic heterocycles. The normalized spacial score (nSPS) is 10.5. The maximum Gasteiger partial charge on any atom is 0.323 e. The van der Waals surface area contributed by atoms with Gasteiger partial charge in [0.2, 0.25) is 5.91 Å². The number of nitrogens with zero attached hydrogens (tertiary/aromatic N) is 2. The molecule has 0 saturated carbocycles. The fraction of sp³-hybridized carbons (Fsp3) is 0.308. The predicted octanol–water partition coefficient (Wildman–Crippen LogP) is 1.80. The first-order chi connectivity index (χ1) is 9.45. The van der Waals surface area contributed by atoms with Crippen molar-refractivity contribution in [3.05, 3.63) is 29.0 Å². The average Bonchev–Trinajstić information content (AvgIpc) is 2.97. The molecule has 106 valence electrons. The fourth-order valence-electron chi connectivity index (χ4n) is 1.63. The van der Waals surface area contributed by atoms with Gasteiger partial charge in [-0.25, -0.2) is 4.98 Å². The Hall–Kier alpha value is -2.15. The van der Waals surface area contributed by atoms with Gasteiger partial charge in [-0.1, -0.05) is 0 Å². The molecular formula is C13H14N2O4S. The fourth-order valence-corrected chi connectivity index (χ4v) is 2.41. The highest BCUT2D eigenvalue weighted by Gasteiger charge is 2.15. The number of carbonyl (C=O) groups is 2. The number of hydrogen-bond acceptors (Lipinski definition) is 5. The lowest BCUT2D eigenvalue weighted by molar-refractivity contribution is -0.143. The van der Waals surface area contributed by atoms with Gasteiger partial charge >= 0.3 is 5.97 Å². The zero-order valence-corrected chi connectivity index (χ0v) is 11.9. The number of carboxylic acids is 1. The summed E-state index contributed by atoms with van der Waals surface area (Å²) in [5.74, 6) is 0.157. The minimum absolute atomic E-state index is 0.0833. The van der Waals surface area contributed by atoms with Crippen LogP contribution in [0, 0.1) is 6.92 Å². The Labute approximate surface area is 119 Å². The molecule has 0 radical (unpaired) electrons. The summed E-state index contributed by atoms with van der Waals surface area (Å²) in [5.41, 5.74) is 0.612. The van der Waals surface area contributed by atoms with Crippen LogP contribution in [0.4, 0.5) is 0 Å². The van der Waals surface area contributed by atoms with Crippen molar-refractivity contribution in [3.63, 3.8) is 0 Å². The molecule has 0 fully saturated rings. The van der Waals surface area contributed by atoms with Gasteiger partial charge in [-0.15, -0.1) is 11.3 Å². The second kappa shape index (κ2) is 5.87. The van der Waals surface area contributed by atoms with Crippen LogP contribution >= 0.6 is 11.3 Å². The molecule has 20 heavy (non-hydrogen) atoms. The van der Waals surface area contributed by atoms with Crippen molar-refractivity contribution in [2.75, 3.05) is 13.6 Å². The molecule has 0 aliphatic carbocycles. The standard InChI is InChI=1S/C13H14N2O4S/c1-8-3-4-10(19-8)13-14-9(7-20-13)5-11(16)15(2)6-12(17)18/h3-4,7H,5-6H2,1-2H3,(H,17,18). The Morgan fingerprint density at radius 2 is 2.20 bits per heavy atom. The van der Waals surface area contributed by atoms with E-state index in [0.717, 1.165) is 5.76 Å². The van der Waals surface area contributed by atoms with Crippen LogP contribution in [-0.2, 0) is 16.0 Å². The van der Waals surface area contributed by atoms with Gasteiger partial charge in [-0.2, -0.15) is 0 Å². The minimum atomic E-state index is -1.04. The molecule has 2 rings (SSSR count). The van der Waals surface area contributed by atoms with Crippen molar-refractivity contribution in [2.45, 2.75) is 13.3 Å². The first-order valence-electron chi connectivity index (χ1n) is 5.92. The van der Waals surface area contributed by atoms with E-state index in [4.69, 9.17) is 9.52 Å². The Morgan fingerprint density at radius 1 is 1.45 bits per heavy atom. The first-order valence-corrected chi connectivity index (χ1v) is 6.80. The van der Waals surface area contributed by atoms with E-state index >= 15 is 0 Å². The molecule has 0 spiro atoms. The number of rotatable bonds is 5. The molecule has 1 N–H and O–H groups in total. The van der Waals surface area contributed by atoms with Crippen LogP contribution in [0.15, 0.2) is 21.9 Å². The molecule has 2 aromatic heterocycles. The van der Waals surface area contributed by atoms with E-state index in [-0.39, 0.29) is 18.9 Å². The Bertz CT molecular complexity index is 632. The topological polar surface area (TPSA) is 83.6 Å². The van der Waals surface area contributed by atoms with Crippen LogP contribution < -0.4 is 0 Å². The molecule has 0 aromatic carbocycles. The number of aliphatic carboxylic acids is 1. The molecular weight excluding hydrogens is 280 g/mol. The highest BCUT2D eigenvalue weighted by atomic mass is 32.1. The number of amides is 1. The lowest BCUT2D eigenvalue weighted by Gasteiger charge is -2.13. The highest BCUT2D eigenvalue weighted by Crippen LogP contribution is 2.25. The monoisotopic (exact) mass is 294 g/mol. The Balaban J connectivity index is 2.03. The van der Waals surface area contributed by atoms with Crippen molar-refractivity contribution in [1.82, 2.24) is 9.88 Å². The van der Waals surface area contributed by atoms with Gasteiger partial charge in [0.05, 0.1) is 12.1 Å². The summed E-state index contributed by atoms with van der Waals surface area (Å²) in [6, 6.07) is 3.68. The third kappa shape index (κ3) is 3.45. The second-order valence-electron chi connectivity index (χ2n) is 4.37. The molecule has 0 unspecified atom stereocenters. The van der Waals surface area contributed by atoms with Gasteiger partial charge in [0.15, 0.2) is 10.8 Å². The number of carboxylic acid groups (broad SMARTS) is 1. The molecule has 0 atom stereocenters. The molecule has 0 aliphatic rings. The molecule has 0 bridgehead atoms. The molecule has 2 aromatic rings. The second-order valence-corrected chi connectivity index (χ2v) is 5.23. The first kappa shape index (κ1) is 14.3. The van der Waals surface area contributed by atoms with Gasteiger partial charge in [0.1, 0.15) is 12.3 Å². The molecule has 1 amide bonds. The quantitative estimate of drug-likeness (QED) is 0.909. The van der Waals surface area contributed by atoms with E-state index in [1.807, 2.05) is 19.1 Å². The molecule has 2 heterocycles. The molecule has 7 heteroatoms. The summed E-state index contributed by atoms with van der Waals surface area (Å²) in [7, 11) is 1.46. The van der Waals surface area contributed by atoms with Gasteiger partial charge < -0.3 is 14.4 Å². The number of aromatic nitrogens is 1. The average molecular weight is 294 g/mol. The zero-order chi connectivity index (χ0) is 14.7. The summed E-state index contributed by atoms with van der Waals surface area (Å²) in [4.78, 5) is 27.8. The van der Waals surface area contributed by atoms with Gasteiger partial charge in [0, 0.05) is 12.4 Å². The Kier molecular flexibility index (Phi) is 4.19. The summed E-state index contributed by atoms with van der Waals surface area (Å²) in [5, 5.41) is 11.1. The summed E-state index contributed by atoms with van der Waals surface area (Å²) in [6.45, 7) is 1.54. The largest absolute Gasteiger partial charge is 0.480 e. The van der Waals surface area contributed by atoms with E-state index in [2.05, 4.69) is 4.98 Å². The van der Waals surface area contributed by atoms with Gasteiger partial charge in [0.25, 0.3) is 0 Å². The molecule has 0 saturated heterocycles. The summed E-state index contributed by atoms with van der Waals surface area (Å²) >= 11 is 1.39. The van der Waals surface area contributed by atoms with Crippen LogP contribution in [0.5, 0.6) is 0 Å². The van der Waals surface area contributed by atoms with E-state index in [0.29, 0.717) is 16.5 Å². The zero-order valence-electron chi connectivity index (χ0n) is 11.1. The highest BCUT2D eigenvalue weighted by molar-refractivity contribution is 7.13. The Morgan fingerprint density at radius 3 is 2.80 bits per heavy atom. The van der Waals surface area contributed by atoms with Crippen molar-refractivity contribution in [3.8, 4) is 10.8 Å².